The lowest BCUT2D eigenvalue weighted by molar-refractivity contribution is -1.09. The van der Waals surface area contributed by atoms with E-state index in [1.165, 1.54) is 32.4 Å². The Kier molecular flexibility index (Phi) is 4.21. The molecule has 3 aliphatic heterocycles. The van der Waals surface area contributed by atoms with Crippen molar-refractivity contribution in [1.82, 2.24) is 0 Å². The van der Waals surface area contributed by atoms with E-state index in [-0.39, 0.29) is 5.60 Å². The summed E-state index contributed by atoms with van der Waals surface area (Å²) < 4.78 is 34.3. The van der Waals surface area contributed by atoms with Crippen molar-refractivity contribution in [3.05, 3.63) is 0 Å². The zero-order valence-corrected chi connectivity index (χ0v) is 13.5. The van der Waals surface area contributed by atoms with E-state index in [2.05, 4.69) is 20.8 Å². The molecule has 20 heavy (non-hydrogen) atoms. The van der Waals surface area contributed by atoms with E-state index in [1.807, 2.05) is 0 Å². The minimum atomic E-state index is -3.92. The third kappa shape index (κ3) is 3.92. The van der Waals surface area contributed by atoms with Crippen LogP contribution in [0.5, 0.6) is 0 Å². The smallest absolute Gasteiger partial charge is 0.148 e. The lowest BCUT2D eigenvalue weighted by Gasteiger charge is -2.32. The standard InChI is InChI=1S/C12H22NO2.CH4O3S/c1-12(2,3)14-11-5-7-13-6-4-9(15-13)8-10(11)13;1-5(2,3)4/h9-11H,4-8H2,1-3H3;1H3,(H,2,3,4)/q+1;/p-1/t9-,10-,11+,13+;/m1./s1. The molecule has 0 aromatic rings. The van der Waals surface area contributed by atoms with Crippen molar-refractivity contribution in [2.45, 2.75) is 63.9 Å². The lowest BCUT2D eigenvalue weighted by atomic mass is 9.99. The minimum Gasteiger partial charge on any atom is -0.748 e. The van der Waals surface area contributed by atoms with Crippen molar-refractivity contribution in [3.8, 4) is 0 Å². The van der Waals surface area contributed by atoms with Gasteiger partial charge in [0.1, 0.15) is 31.3 Å². The number of quaternary nitrogens is 1. The van der Waals surface area contributed by atoms with Gasteiger partial charge >= 0.3 is 0 Å². The molecule has 3 rings (SSSR count). The van der Waals surface area contributed by atoms with Gasteiger partial charge in [-0.2, -0.15) is 9.48 Å². The molecule has 0 amide bonds. The van der Waals surface area contributed by atoms with Crippen LogP contribution in [0.4, 0.5) is 0 Å². The van der Waals surface area contributed by atoms with Crippen LogP contribution in [-0.2, 0) is 19.7 Å². The molecule has 3 aliphatic rings. The van der Waals surface area contributed by atoms with Crippen molar-refractivity contribution < 1.29 is 27.2 Å². The number of rotatable bonds is 1. The quantitative estimate of drug-likeness (QED) is 0.534. The summed E-state index contributed by atoms with van der Waals surface area (Å²) in [5.41, 5.74) is -0.0120. The van der Waals surface area contributed by atoms with Crippen LogP contribution in [0, 0.1) is 0 Å². The first kappa shape index (κ1) is 16.2. The first-order chi connectivity index (χ1) is 8.99. The fourth-order valence-corrected chi connectivity index (χ4v) is 3.55. The van der Waals surface area contributed by atoms with Gasteiger partial charge in [0.05, 0.1) is 15.7 Å². The van der Waals surface area contributed by atoms with E-state index >= 15 is 0 Å². The molecule has 7 heteroatoms. The minimum absolute atomic E-state index is 0.0120. The Hall–Kier alpha value is -0.210. The summed E-state index contributed by atoms with van der Waals surface area (Å²) in [6, 6.07) is 0.628. The number of fused-ring (bicyclic) bond motifs is 1. The Labute approximate surface area is 121 Å². The second kappa shape index (κ2) is 5.21. The highest BCUT2D eigenvalue weighted by molar-refractivity contribution is 7.84. The van der Waals surface area contributed by atoms with Crippen molar-refractivity contribution in [1.29, 1.82) is 0 Å². The molecule has 0 aromatic heterocycles. The summed E-state index contributed by atoms with van der Waals surface area (Å²) in [5, 5.41) is 0. The Morgan fingerprint density at radius 2 is 1.80 bits per heavy atom. The Morgan fingerprint density at radius 3 is 2.30 bits per heavy atom. The molecule has 1 spiro atoms. The van der Waals surface area contributed by atoms with Gasteiger partial charge < -0.3 is 9.29 Å². The van der Waals surface area contributed by atoms with Crippen molar-refractivity contribution in [3.63, 3.8) is 0 Å². The van der Waals surface area contributed by atoms with Gasteiger partial charge in [-0.25, -0.2) is 8.42 Å². The SMILES string of the molecule is CC(C)(C)O[C@H]1CC[N@@+]23CC[C@H](C[C@H]12)O3.CS(=O)(=O)[O-]. The van der Waals surface area contributed by atoms with Crippen LogP contribution in [0.3, 0.4) is 0 Å². The van der Waals surface area contributed by atoms with Crippen LogP contribution < -0.4 is 0 Å². The Balaban J connectivity index is 0.000000257. The molecule has 3 fully saturated rings. The van der Waals surface area contributed by atoms with Crippen LogP contribution in [0.25, 0.3) is 0 Å². The second-order valence-electron chi connectivity index (χ2n) is 6.98. The number of hydrogen-bond acceptors (Lipinski definition) is 5. The zero-order chi connectivity index (χ0) is 15.2. The number of hydroxylamine groups is 3. The molecular weight excluding hydrogens is 282 g/mol. The van der Waals surface area contributed by atoms with Crippen LogP contribution in [0.15, 0.2) is 0 Å². The largest absolute Gasteiger partial charge is 0.748 e. The van der Waals surface area contributed by atoms with E-state index in [9.17, 15) is 0 Å². The molecule has 2 bridgehead atoms. The highest BCUT2D eigenvalue weighted by atomic mass is 32.2. The average molecular weight is 307 g/mol. The van der Waals surface area contributed by atoms with Gasteiger partial charge in [0.2, 0.25) is 0 Å². The van der Waals surface area contributed by atoms with Gasteiger partial charge in [0, 0.05) is 25.5 Å². The molecule has 0 N–H and O–H groups in total. The molecule has 4 atom stereocenters. The highest BCUT2D eigenvalue weighted by Gasteiger charge is 2.62. The van der Waals surface area contributed by atoms with E-state index in [4.69, 9.17) is 22.5 Å². The topological polar surface area (TPSA) is 75.7 Å². The highest BCUT2D eigenvalue weighted by Crippen LogP contribution is 2.46. The van der Waals surface area contributed by atoms with Crippen LogP contribution in [0.2, 0.25) is 0 Å². The van der Waals surface area contributed by atoms with Gasteiger partial charge in [-0.1, -0.05) is 0 Å². The summed E-state index contributed by atoms with van der Waals surface area (Å²) in [6.07, 6.45) is 5.22. The zero-order valence-electron chi connectivity index (χ0n) is 12.7. The van der Waals surface area contributed by atoms with E-state index in [0.717, 1.165) is 4.65 Å². The van der Waals surface area contributed by atoms with Crippen LogP contribution >= 0.6 is 0 Å². The predicted octanol–water partition coefficient (Wildman–Crippen LogP) is 1.03. The maximum Gasteiger partial charge on any atom is 0.148 e. The molecule has 6 nitrogen and oxygen atoms in total. The number of hydrogen-bond donors (Lipinski definition) is 0. The van der Waals surface area contributed by atoms with Crippen molar-refractivity contribution in [2.75, 3.05) is 19.3 Å². The van der Waals surface area contributed by atoms with Crippen molar-refractivity contribution in [2.24, 2.45) is 0 Å². The van der Waals surface area contributed by atoms with Gasteiger partial charge in [0.25, 0.3) is 0 Å². The molecule has 0 radical (unpaired) electrons. The molecule has 3 saturated heterocycles. The summed E-state index contributed by atoms with van der Waals surface area (Å²) in [6.45, 7) is 8.85. The maximum absolute atomic E-state index is 9.08. The van der Waals surface area contributed by atoms with Gasteiger partial charge in [-0.05, 0) is 20.8 Å². The fraction of sp³-hybridized carbons (Fsp3) is 1.00. The number of ether oxygens (including phenoxy) is 1. The second-order valence-corrected chi connectivity index (χ2v) is 8.39. The molecule has 118 valence electrons. The monoisotopic (exact) mass is 307 g/mol. The predicted molar refractivity (Wildman–Crippen MR) is 72.8 cm³/mol. The summed E-state index contributed by atoms with van der Waals surface area (Å²) >= 11 is 0. The van der Waals surface area contributed by atoms with E-state index in [1.54, 1.807) is 0 Å². The Morgan fingerprint density at radius 1 is 1.25 bits per heavy atom. The van der Waals surface area contributed by atoms with Gasteiger partial charge in [-0.3, -0.25) is 0 Å². The van der Waals surface area contributed by atoms with Crippen molar-refractivity contribution >= 4 is 10.1 Å². The van der Waals surface area contributed by atoms with Crippen LogP contribution in [-0.4, -0.2) is 60.8 Å². The molecule has 0 aromatic carbocycles. The number of piperidine rings is 1. The molecule has 0 aliphatic carbocycles. The fourth-order valence-electron chi connectivity index (χ4n) is 3.55. The Bertz CT molecular complexity index is 450. The van der Waals surface area contributed by atoms with E-state index in [0.29, 0.717) is 24.5 Å². The first-order valence-corrected chi connectivity index (χ1v) is 8.94. The normalized spacial score (nSPS) is 39.4. The molecule has 3 heterocycles. The molecule has 0 unspecified atom stereocenters. The summed E-state index contributed by atoms with van der Waals surface area (Å²) in [5.74, 6) is 0. The average Bonchev–Trinajstić information content (AvgIpc) is 2.84. The lowest BCUT2D eigenvalue weighted by Crippen LogP contribution is -2.49. The summed E-state index contributed by atoms with van der Waals surface area (Å²) in [7, 11) is -3.92. The summed E-state index contributed by atoms with van der Waals surface area (Å²) in [4.78, 5) is 6.09. The maximum atomic E-state index is 9.08. The van der Waals surface area contributed by atoms with Gasteiger partial charge in [-0.15, -0.1) is 0 Å². The number of nitrogens with zero attached hydrogens (tertiary/aromatic N) is 1. The van der Waals surface area contributed by atoms with Crippen LogP contribution in [0.1, 0.15) is 40.0 Å². The molecule has 0 saturated carbocycles. The first-order valence-electron chi connectivity index (χ1n) is 7.12. The third-order valence-corrected chi connectivity index (χ3v) is 4.02. The third-order valence-electron chi connectivity index (χ3n) is 4.02. The van der Waals surface area contributed by atoms with E-state index < -0.39 is 10.1 Å². The van der Waals surface area contributed by atoms with Gasteiger partial charge in [0.15, 0.2) is 0 Å². The molecular formula is C13H25NO5S.